The van der Waals surface area contributed by atoms with Gasteiger partial charge < -0.3 is 4.74 Å². The highest BCUT2D eigenvalue weighted by Gasteiger charge is 2.25. The molecule has 0 radical (unpaired) electrons. The molecule has 0 N–H and O–H groups in total. The van der Waals surface area contributed by atoms with E-state index in [2.05, 4.69) is 0 Å². The van der Waals surface area contributed by atoms with Gasteiger partial charge in [-0.25, -0.2) is 13.2 Å². The molecule has 154 valence electrons. The van der Waals surface area contributed by atoms with Gasteiger partial charge in [0.15, 0.2) is 23.2 Å². The van der Waals surface area contributed by atoms with Gasteiger partial charge in [0.1, 0.15) is 0 Å². The Hall–Kier alpha value is -2.56. The number of benzene rings is 2. The van der Waals surface area contributed by atoms with Crippen LogP contribution in [0.1, 0.15) is 55.2 Å². The molecule has 2 aromatic carbocycles. The van der Waals surface area contributed by atoms with Gasteiger partial charge in [0.2, 0.25) is 5.82 Å². The van der Waals surface area contributed by atoms with E-state index in [9.17, 15) is 17.6 Å². The van der Waals surface area contributed by atoms with Crippen molar-refractivity contribution < 1.29 is 22.3 Å². The molecule has 5 heteroatoms. The molecule has 1 aliphatic carbocycles. The molecule has 0 aromatic heterocycles. The quantitative estimate of drug-likeness (QED) is 0.368. The maximum atomic E-state index is 14.6. The Balaban J connectivity index is 1.79. The average Bonchev–Trinajstić information content (AvgIpc) is 2.74. The van der Waals surface area contributed by atoms with Crippen LogP contribution in [0.15, 0.2) is 42.5 Å². The van der Waals surface area contributed by atoms with Gasteiger partial charge in [-0.15, -0.1) is 0 Å². The summed E-state index contributed by atoms with van der Waals surface area (Å²) < 4.78 is 62.2. The fourth-order valence-electron chi connectivity index (χ4n) is 3.82. The summed E-state index contributed by atoms with van der Waals surface area (Å²) in [5.74, 6) is -3.89. The minimum Gasteiger partial charge on any atom is -0.494 e. The van der Waals surface area contributed by atoms with Crippen LogP contribution >= 0.6 is 0 Å². The smallest absolute Gasteiger partial charge is 0.201 e. The van der Waals surface area contributed by atoms with E-state index in [0.29, 0.717) is 48.8 Å². The summed E-state index contributed by atoms with van der Waals surface area (Å²) in [6, 6.07) is 6.18. The van der Waals surface area contributed by atoms with E-state index in [1.54, 1.807) is 18.2 Å². The van der Waals surface area contributed by atoms with Crippen LogP contribution in [0.4, 0.5) is 17.6 Å². The van der Waals surface area contributed by atoms with Crippen LogP contribution in [-0.4, -0.2) is 7.11 Å². The first-order chi connectivity index (χ1) is 14.0. The normalized spacial score (nSPS) is 16.9. The first-order valence-corrected chi connectivity index (χ1v) is 9.77. The van der Waals surface area contributed by atoms with E-state index in [0.717, 1.165) is 0 Å². The molecule has 0 saturated heterocycles. The minimum absolute atomic E-state index is 0.146. The monoisotopic (exact) mass is 404 g/mol. The van der Waals surface area contributed by atoms with Gasteiger partial charge in [-0.05, 0) is 73.8 Å². The van der Waals surface area contributed by atoms with E-state index in [-0.39, 0.29) is 17.2 Å². The van der Waals surface area contributed by atoms with Crippen molar-refractivity contribution in [2.24, 2.45) is 0 Å². The van der Waals surface area contributed by atoms with E-state index < -0.39 is 23.3 Å². The van der Waals surface area contributed by atoms with Crippen molar-refractivity contribution in [2.75, 3.05) is 7.11 Å². The van der Waals surface area contributed by atoms with Crippen molar-refractivity contribution in [3.05, 3.63) is 82.5 Å². The van der Waals surface area contributed by atoms with Crippen LogP contribution in [0.2, 0.25) is 0 Å². The highest BCUT2D eigenvalue weighted by Crippen LogP contribution is 2.39. The van der Waals surface area contributed by atoms with Crippen molar-refractivity contribution in [1.82, 2.24) is 0 Å². The molecule has 0 amide bonds. The van der Waals surface area contributed by atoms with Crippen LogP contribution in [0.5, 0.6) is 5.75 Å². The Morgan fingerprint density at radius 1 is 1.00 bits per heavy atom. The zero-order valence-corrected chi connectivity index (χ0v) is 16.6. The van der Waals surface area contributed by atoms with Gasteiger partial charge >= 0.3 is 0 Å². The number of ether oxygens (including phenoxy) is 1. The molecule has 1 nitrogen and oxygen atoms in total. The standard InChI is InChI=1S/C24H24F4O/c1-3-4-5-6-17-11-12-18(22(26)21(17)25)15-7-9-16(10-8-15)19-13-14-20(29-2)24(28)23(19)27/h3-4,9,11-15H,5-8,10H2,1-2H3/b4-3+. The maximum Gasteiger partial charge on any atom is 0.201 e. The van der Waals surface area contributed by atoms with Crippen molar-refractivity contribution in [3.63, 3.8) is 0 Å². The van der Waals surface area contributed by atoms with E-state index >= 15 is 0 Å². The Kier molecular flexibility index (Phi) is 6.78. The molecule has 1 aliphatic rings. The number of allylic oxidation sites excluding steroid dienone is 4. The second-order valence-corrected chi connectivity index (χ2v) is 7.19. The second kappa shape index (κ2) is 9.29. The Bertz CT molecular complexity index is 946. The predicted octanol–water partition coefficient (Wildman–Crippen LogP) is 7.11. The topological polar surface area (TPSA) is 9.23 Å². The summed E-state index contributed by atoms with van der Waals surface area (Å²) in [5, 5.41) is 0. The molecule has 3 rings (SSSR count). The van der Waals surface area contributed by atoms with Gasteiger partial charge in [-0.2, -0.15) is 4.39 Å². The van der Waals surface area contributed by atoms with E-state index in [4.69, 9.17) is 4.74 Å². The highest BCUT2D eigenvalue weighted by molar-refractivity contribution is 5.68. The third-order valence-electron chi connectivity index (χ3n) is 5.47. The summed E-state index contributed by atoms with van der Waals surface area (Å²) in [6.45, 7) is 1.89. The minimum atomic E-state index is -1.02. The van der Waals surface area contributed by atoms with Gasteiger partial charge in [0.05, 0.1) is 7.11 Å². The predicted molar refractivity (Wildman–Crippen MR) is 107 cm³/mol. The summed E-state index contributed by atoms with van der Waals surface area (Å²) >= 11 is 0. The number of aryl methyl sites for hydroxylation is 1. The zero-order chi connectivity index (χ0) is 21.0. The lowest BCUT2D eigenvalue weighted by Crippen LogP contribution is -2.09. The largest absolute Gasteiger partial charge is 0.494 e. The third kappa shape index (κ3) is 4.39. The molecule has 0 aliphatic heterocycles. The number of hydrogen-bond donors (Lipinski definition) is 0. The molecule has 2 aromatic rings. The van der Waals surface area contributed by atoms with E-state index in [1.165, 1.54) is 19.2 Å². The first-order valence-electron chi connectivity index (χ1n) is 9.77. The number of hydrogen-bond acceptors (Lipinski definition) is 1. The molecule has 0 bridgehead atoms. The van der Waals surface area contributed by atoms with Crippen LogP contribution in [-0.2, 0) is 6.42 Å². The number of halogens is 4. The molecule has 0 heterocycles. The Morgan fingerprint density at radius 2 is 1.79 bits per heavy atom. The van der Waals surface area contributed by atoms with Crippen LogP contribution in [0, 0.1) is 23.3 Å². The number of methoxy groups -OCH3 is 1. The Labute approximate surface area is 168 Å². The van der Waals surface area contributed by atoms with Gasteiger partial charge in [0.25, 0.3) is 0 Å². The van der Waals surface area contributed by atoms with Crippen LogP contribution in [0.25, 0.3) is 5.57 Å². The van der Waals surface area contributed by atoms with Gasteiger partial charge in [0, 0.05) is 5.56 Å². The average molecular weight is 404 g/mol. The molecule has 0 spiro atoms. The molecular weight excluding hydrogens is 380 g/mol. The fourth-order valence-corrected chi connectivity index (χ4v) is 3.82. The first kappa shape index (κ1) is 21.2. The summed E-state index contributed by atoms with van der Waals surface area (Å²) in [4.78, 5) is 0. The number of rotatable bonds is 6. The van der Waals surface area contributed by atoms with Crippen molar-refractivity contribution >= 4 is 5.57 Å². The maximum absolute atomic E-state index is 14.6. The van der Waals surface area contributed by atoms with Crippen molar-refractivity contribution in [1.29, 1.82) is 0 Å². The van der Waals surface area contributed by atoms with E-state index in [1.807, 2.05) is 19.1 Å². The molecule has 1 unspecified atom stereocenters. The molecule has 29 heavy (non-hydrogen) atoms. The second-order valence-electron chi connectivity index (χ2n) is 7.19. The van der Waals surface area contributed by atoms with Crippen molar-refractivity contribution in [2.45, 2.75) is 44.9 Å². The molecule has 1 atom stereocenters. The Morgan fingerprint density at radius 3 is 2.45 bits per heavy atom. The van der Waals surface area contributed by atoms with Crippen molar-refractivity contribution in [3.8, 4) is 5.75 Å². The summed E-state index contributed by atoms with van der Waals surface area (Å²) in [7, 11) is 1.28. The zero-order valence-electron chi connectivity index (χ0n) is 16.6. The lowest BCUT2D eigenvalue weighted by Gasteiger charge is -2.24. The summed E-state index contributed by atoms with van der Waals surface area (Å²) in [5.41, 5.74) is 1.57. The summed E-state index contributed by atoms with van der Waals surface area (Å²) in [6.07, 6.45) is 8.12. The molecule has 0 fully saturated rings. The van der Waals surface area contributed by atoms with Crippen LogP contribution in [0.3, 0.4) is 0 Å². The van der Waals surface area contributed by atoms with Crippen LogP contribution < -0.4 is 4.74 Å². The lowest BCUT2D eigenvalue weighted by molar-refractivity contribution is 0.371. The highest BCUT2D eigenvalue weighted by atomic mass is 19.2. The van der Waals surface area contributed by atoms with Gasteiger partial charge in [-0.1, -0.05) is 30.4 Å². The third-order valence-corrected chi connectivity index (χ3v) is 5.47. The lowest BCUT2D eigenvalue weighted by atomic mass is 9.82. The fraction of sp³-hybridized carbons (Fsp3) is 0.333. The molecule has 0 saturated carbocycles. The van der Waals surface area contributed by atoms with Gasteiger partial charge in [-0.3, -0.25) is 0 Å². The molecular formula is C24H24F4O. The SMILES string of the molecule is C/C=C/CCc1ccc(C2CC=C(c3ccc(OC)c(F)c3F)CC2)c(F)c1F.